The smallest absolute Gasteiger partial charge is 0.371 e. The number of aryl methyl sites for hydroxylation is 1. The number of methoxy groups -OCH3 is 1. The molecule has 1 amide bonds. The molecule has 0 radical (unpaired) electrons. The summed E-state index contributed by atoms with van der Waals surface area (Å²) < 4.78 is 10.2. The summed E-state index contributed by atoms with van der Waals surface area (Å²) in [6.45, 7) is 2.37. The highest BCUT2D eigenvalue weighted by atomic mass is 16.5. The van der Waals surface area contributed by atoms with Crippen molar-refractivity contribution in [1.29, 1.82) is 0 Å². The van der Waals surface area contributed by atoms with Crippen LogP contribution in [0.15, 0.2) is 34.7 Å². The van der Waals surface area contributed by atoms with Crippen LogP contribution in [0.5, 0.6) is 5.75 Å². The molecule has 6 heteroatoms. The molecule has 1 aromatic heterocycles. The van der Waals surface area contributed by atoms with Gasteiger partial charge in [-0.1, -0.05) is 17.7 Å². The largest absolute Gasteiger partial charge is 0.496 e. The molecule has 0 aliphatic heterocycles. The van der Waals surface area contributed by atoms with E-state index in [-0.39, 0.29) is 11.5 Å². The monoisotopic (exact) mass is 303 g/mol. The van der Waals surface area contributed by atoms with Gasteiger partial charge in [0.2, 0.25) is 5.76 Å². The quantitative estimate of drug-likeness (QED) is 0.854. The van der Waals surface area contributed by atoms with Crippen LogP contribution < -0.4 is 10.1 Å². The summed E-state index contributed by atoms with van der Waals surface area (Å²) in [5.41, 5.74) is 2.10. The molecule has 1 heterocycles. The Morgan fingerprint density at radius 2 is 1.95 bits per heavy atom. The molecule has 2 rings (SSSR count). The number of ether oxygens (including phenoxy) is 1. The van der Waals surface area contributed by atoms with E-state index in [4.69, 9.17) is 14.3 Å². The van der Waals surface area contributed by atoms with E-state index in [9.17, 15) is 9.59 Å². The fourth-order valence-electron chi connectivity index (χ4n) is 2.08. The van der Waals surface area contributed by atoms with Gasteiger partial charge in [-0.25, -0.2) is 4.79 Å². The Morgan fingerprint density at radius 3 is 2.59 bits per heavy atom. The van der Waals surface area contributed by atoms with Crippen molar-refractivity contribution >= 4 is 11.9 Å². The molecule has 1 aromatic carbocycles. The van der Waals surface area contributed by atoms with Crippen molar-refractivity contribution in [3.8, 4) is 5.75 Å². The highest BCUT2D eigenvalue weighted by molar-refractivity contribution is 5.93. The van der Waals surface area contributed by atoms with Crippen LogP contribution in [-0.2, 0) is 6.42 Å². The van der Waals surface area contributed by atoms with E-state index in [1.165, 1.54) is 12.1 Å². The van der Waals surface area contributed by atoms with Gasteiger partial charge in [-0.05, 0) is 37.1 Å². The Hall–Kier alpha value is -2.76. The van der Waals surface area contributed by atoms with Crippen LogP contribution in [0, 0.1) is 6.92 Å². The zero-order valence-corrected chi connectivity index (χ0v) is 12.4. The summed E-state index contributed by atoms with van der Waals surface area (Å²) in [5, 5.41) is 11.4. The van der Waals surface area contributed by atoms with E-state index >= 15 is 0 Å². The van der Waals surface area contributed by atoms with E-state index in [0.717, 1.165) is 16.9 Å². The number of furan rings is 1. The molecule has 116 valence electrons. The Bertz CT molecular complexity index is 690. The summed E-state index contributed by atoms with van der Waals surface area (Å²) in [4.78, 5) is 22.6. The van der Waals surface area contributed by atoms with Crippen molar-refractivity contribution in [2.45, 2.75) is 13.3 Å². The molecular weight excluding hydrogens is 286 g/mol. The van der Waals surface area contributed by atoms with E-state index in [2.05, 4.69) is 5.32 Å². The molecule has 22 heavy (non-hydrogen) atoms. The third-order valence-corrected chi connectivity index (χ3v) is 3.16. The minimum Gasteiger partial charge on any atom is -0.496 e. The number of carboxylic acid groups (broad SMARTS) is 1. The Balaban J connectivity index is 1.94. The fourth-order valence-corrected chi connectivity index (χ4v) is 2.08. The molecular formula is C16H17NO5. The third-order valence-electron chi connectivity index (χ3n) is 3.16. The van der Waals surface area contributed by atoms with Gasteiger partial charge in [0, 0.05) is 6.54 Å². The second-order valence-corrected chi connectivity index (χ2v) is 4.79. The van der Waals surface area contributed by atoms with Crippen molar-refractivity contribution in [1.82, 2.24) is 5.32 Å². The van der Waals surface area contributed by atoms with Gasteiger partial charge in [0.05, 0.1) is 7.11 Å². The van der Waals surface area contributed by atoms with Gasteiger partial charge in [0.25, 0.3) is 5.91 Å². The van der Waals surface area contributed by atoms with Gasteiger partial charge in [-0.3, -0.25) is 4.79 Å². The van der Waals surface area contributed by atoms with E-state index in [1.807, 2.05) is 25.1 Å². The first-order valence-electron chi connectivity index (χ1n) is 6.76. The number of carboxylic acids is 1. The lowest BCUT2D eigenvalue weighted by atomic mass is 10.1. The lowest BCUT2D eigenvalue weighted by Gasteiger charge is -2.09. The zero-order valence-electron chi connectivity index (χ0n) is 12.4. The number of rotatable bonds is 6. The predicted octanol–water partition coefficient (Wildman–Crippen LogP) is 2.27. The maximum atomic E-state index is 11.9. The maximum Gasteiger partial charge on any atom is 0.371 e. The second-order valence-electron chi connectivity index (χ2n) is 4.79. The number of hydrogen-bond acceptors (Lipinski definition) is 4. The van der Waals surface area contributed by atoms with Crippen LogP contribution in [-0.4, -0.2) is 30.6 Å². The molecule has 0 saturated carbocycles. The molecule has 0 fully saturated rings. The maximum absolute atomic E-state index is 11.9. The van der Waals surface area contributed by atoms with Crippen molar-refractivity contribution in [2.75, 3.05) is 13.7 Å². The van der Waals surface area contributed by atoms with Gasteiger partial charge in [-0.15, -0.1) is 0 Å². The molecule has 0 atom stereocenters. The number of carbonyl (C=O) groups excluding carboxylic acids is 1. The number of carbonyl (C=O) groups is 2. The highest BCUT2D eigenvalue weighted by Crippen LogP contribution is 2.19. The molecule has 0 saturated heterocycles. The van der Waals surface area contributed by atoms with Gasteiger partial charge < -0.3 is 19.6 Å². The van der Waals surface area contributed by atoms with E-state index in [1.54, 1.807) is 7.11 Å². The fraction of sp³-hybridized carbons (Fsp3) is 0.250. The first-order chi connectivity index (χ1) is 10.5. The zero-order chi connectivity index (χ0) is 16.1. The normalized spacial score (nSPS) is 10.3. The SMILES string of the molecule is COc1ccc(C)cc1CCNC(=O)c1ccc(C(=O)O)o1. The standard InChI is InChI=1S/C16H17NO5/c1-10-3-4-12(21-2)11(9-10)7-8-17-15(18)13-5-6-14(22-13)16(19)20/h3-6,9H,7-8H2,1-2H3,(H,17,18)(H,19,20). The van der Waals surface area contributed by atoms with Gasteiger partial charge in [-0.2, -0.15) is 0 Å². The van der Waals surface area contributed by atoms with Crippen LogP contribution in [0.1, 0.15) is 32.2 Å². The molecule has 2 aromatic rings. The number of hydrogen-bond donors (Lipinski definition) is 2. The van der Waals surface area contributed by atoms with E-state index in [0.29, 0.717) is 13.0 Å². The molecule has 0 aliphatic carbocycles. The molecule has 0 bridgehead atoms. The molecule has 0 aliphatic rings. The number of benzene rings is 1. The molecule has 2 N–H and O–H groups in total. The van der Waals surface area contributed by atoms with Crippen molar-refractivity contribution in [3.63, 3.8) is 0 Å². The van der Waals surface area contributed by atoms with E-state index < -0.39 is 11.9 Å². The Labute approximate surface area is 127 Å². The first kappa shape index (κ1) is 15.6. The first-order valence-corrected chi connectivity index (χ1v) is 6.76. The topological polar surface area (TPSA) is 88.8 Å². The lowest BCUT2D eigenvalue weighted by Crippen LogP contribution is -2.25. The minimum absolute atomic E-state index is 0.0198. The summed E-state index contributed by atoms with van der Waals surface area (Å²) >= 11 is 0. The summed E-state index contributed by atoms with van der Waals surface area (Å²) in [7, 11) is 1.60. The summed E-state index contributed by atoms with van der Waals surface area (Å²) in [6, 6.07) is 8.43. The number of amides is 1. The van der Waals surface area contributed by atoms with Crippen molar-refractivity contribution in [2.24, 2.45) is 0 Å². The number of nitrogens with one attached hydrogen (secondary N) is 1. The predicted molar refractivity (Wildman–Crippen MR) is 79.4 cm³/mol. The van der Waals surface area contributed by atoms with Gasteiger partial charge in [0.15, 0.2) is 5.76 Å². The lowest BCUT2D eigenvalue weighted by molar-refractivity contribution is 0.0659. The molecule has 0 spiro atoms. The van der Waals surface area contributed by atoms with Gasteiger partial charge in [0.1, 0.15) is 5.75 Å². The third kappa shape index (κ3) is 3.66. The Kier molecular flexibility index (Phi) is 4.83. The van der Waals surface area contributed by atoms with Crippen LogP contribution >= 0.6 is 0 Å². The summed E-state index contributed by atoms with van der Waals surface area (Å²) in [5.74, 6) is -1.16. The van der Waals surface area contributed by atoms with Gasteiger partial charge >= 0.3 is 5.97 Å². The van der Waals surface area contributed by atoms with Crippen molar-refractivity contribution < 1.29 is 23.8 Å². The average molecular weight is 303 g/mol. The average Bonchev–Trinajstić information content (AvgIpc) is 2.97. The second kappa shape index (κ2) is 6.80. The van der Waals surface area contributed by atoms with Crippen LogP contribution in [0.2, 0.25) is 0 Å². The van der Waals surface area contributed by atoms with Crippen LogP contribution in [0.25, 0.3) is 0 Å². The molecule has 6 nitrogen and oxygen atoms in total. The van der Waals surface area contributed by atoms with Crippen LogP contribution in [0.3, 0.4) is 0 Å². The molecule has 0 unspecified atom stereocenters. The van der Waals surface area contributed by atoms with Crippen LogP contribution in [0.4, 0.5) is 0 Å². The summed E-state index contributed by atoms with van der Waals surface area (Å²) in [6.07, 6.45) is 0.600. The minimum atomic E-state index is -1.21. The van der Waals surface area contributed by atoms with Crippen molar-refractivity contribution in [3.05, 3.63) is 53.0 Å². The number of aromatic carboxylic acids is 1. The highest BCUT2D eigenvalue weighted by Gasteiger charge is 2.14. The Morgan fingerprint density at radius 1 is 1.23 bits per heavy atom.